The van der Waals surface area contributed by atoms with Crippen LogP contribution in [0.15, 0.2) is 12.1 Å². The third-order valence-corrected chi connectivity index (χ3v) is 3.76. The van der Waals surface area contributed by atoms with E-state index in [0.29, 0.717) is 5.75 Å². The molecule has 94 valence electrons. The molecule has 0 saturated carbocycles. The average Bonchev–Trinajstić information content (AvgIpc) is 2.28. The molecule has 1 aliphatic rings. The number of fused-ring (bicyclic) bond motifs is 1. The Hall–Kier alpha value is -1.26. The molecule has 2 unspecified atom stereocenters. The lowest BCUT2D eigenvalue weighted by Crippen LogP contribution is -2.55. The Bertz CT molecular complexity index is 432. The lowest BCUT2D eigenvalue weighted by Gasteiger charge is -2.40. The first-order valence-corrected chi connectivity index (χ1v) is 5.90. The summed E-state index contributed by atoms with van der Waals surface area (Å²) in [6, 6.07) is 3.66. The van der Waals surface area contributed by atoms with E-state index in [0.717, 1.165) is 24.1 Å². The fourth-order valence-corrected chi connectivity index (χ4v) is 2.42. The molecule has 1 aromatic carbocycles. The topological polar surface area (TPSA) is 67.5 Å². The fourth-order valence-electron chi connectivity index (χ4n) is 2.42. The van der Waals surface area contributed by atoms with Crippen LogP contribution in [0, 0.1) is 0 Å². The monoisotopic (exact) mass is 236 g/mol. The maximum Gasteiger partial charge on any atom is 0.160 e. The number of benzene rings is 1. The molecule has 4 nitrogen and oxygen atoms in total. The van der Waals surface area contributed by atoms with Crippen LogP contribution in [0.1, 0.15) is 25.0 Å². The summed E-state index contributed by atoms with van der Waals surface area (Å²) in [6.45, 7) is 4.95. The summed E-state index contributed by atoms with van der Waals surface area (Å²) in [5, 5.41) is 13.3. The van der Waals surface area contributed by atoms with E-state index in [1.807, 2.05) is 13.0 Å². The second kappa shape index (κ2) is 4.20. The van der Waals surface area contributed by atoms with E-state index in [9.17, 15) is 5.11 Å². The number of ether oxygens (including phenoxy) is 1. The van der Waals surface area contributed by atoms with E-state index >= 15 is 0 Å². The molecule has 2 atom stereocenters. The van der Waals surface area contributed by atoms with Crippen LogP contribution in [0.4, 0.5) is 0 Å². The van der Waals surface area contributed by atoms with Gasteiger partial charge in [0.15, 0.2) is 11.5 Å². The van der Waals surface area contributed by atoms with Gasteiger partial charge in [-0.15, -0.1) is 0 Å². The Kier molecular flexibility index (Phi) is 3.02. The number of nitrogens with one attached hydrogen (secondary N) is 1. The molecule has 0 fully saturated rings. The van der Waals surface area contributed by atoms with Crippen molar-refractivity contribution in [2.75, 3.05) is 13.7 Å². The first-order valence-electron chi connectivity index (χ1n) is 5.90. The number of rotatable bonds is 2. The number of hydrogen-bond donors (Lipinski definition) is 3. The highest BCUT2D eigenvalue weighted by Crippen LogP contribution is 2.37. The predicted molar refractivity (Wildman–Crippen MR) is 67.4 cm³/mol. The van der Waals surface area contributed by atoms with Gasteiger partial charge in [0.2, 0.25) is 0 Å². The first kappa shape index (κ1) is 12.2. The smallest absolute Gasteiger partial charge is 0.160 e. The number of phenolic OH excluding ortho intramolecular Hbond substituents is 1. The number of phenols is 1. The van der Waals surface area contributed by atoms with Gasteiger partial charge in [0.1, 0.15) is 0 Å². The van der Waals surface area contributed by atoms with Crippen molar-refractivity contribution in [1.29, 1.82) is 0 Å². The number of aromatic hydroxyl groups is 1. The molecule has 1 aromatic rings. The highest BCUT2D eigenvalue weighted by atomic mass is 16.5. The average molecular weight is 236 g/mol. The highest BCUT2D eigenvalue weighted by Gasteiger charge is 2.35. The predicted octanol–water partition coefficient (Wildman–Crippen LogP) is 1.11. The lowest BCUT2D eigenvalue weighted by atomic mass is 9.79. The van der Waals surface area contributed by atoms with Gasteiger partial charge in [-0.2, -0.15) is 0 Å². The van der Waals surface area contributed by atoms with Gasteiger partial charge in [-0.1, -0.05) is 0 Å². The van der Waals surface area contributed by atoms with Gasteiger partial charge in [-0.25, -0.2) is 0 Å². The summed E-state index contributed by atoms with van der Waals surface area (Å²) in [4.78, 5) is 0. The largest absolute Gasteiger partial charge is 0.504 e. The quantitative estimate of drug-likeness (QED) is 0.719. The normalized spacial score (nSPS) is 25.2. The molecular formula is C13H20N2O2. The zero-order chi connectivity index (χ0) is 12.6. The third-order valence-electron chi connectivity index (χ3n) is 3.76. The molecular weight excluding hydrogens is 216 g/mol. The van der Waals surface area contributed by atoms with Crippen molar-refractivity contribution in [1.82, 2.24) is 5.32 Å². The van der Waals surface area contributed by atoms with E-state index in [2.05, 4.69) is 12.2 Å². The van der Waals surface area contributed by atoms with Crippen LogP contribution < -0.4 is 15.8 Å². The molecule has 2 rings (SSSR count). The molecule has 0 radical (unpaired) electrons. The van der Waals surface area contributed by atoms with E-state index in [-0.39, 0.29) is 17.3 Å². The fraction of sp³-hybridized carbons (Fsp3) is 0.538. The zero-order valence-electron chi connectivity index (χ0n) is 10.6. The first-order chi connectivity index (χ1) is 7.99. The van der Waals surface area contributed by atoms with Gasteiger partial charge >= 0.3 is 0 Å². The summed E-state index contributed by atoms with van der Waals surface area (Å²) in [5.74, 6) is 0.694. The van der Waals surface area contributed by atoms with Crippen molar-refractivity contribution < 1.29 is 9.84 Å². The van der Waals surface area contributed by atoms with Crippen LogP contribution in [0.5, 0.6) is 11.5 Å². The van der Waals surface area contributed by atoms with Crippen molar-refractivity contribution in [2.45, 2.75) is 31.8 Å². The molecule has 4 heteroatoms. The van der Waals surface area contributed by atoms with Crippen LogP contribution in [-0.4, -0.2) is 24.8 Å². The highest BCUT2D eigenvalue weighted by molar-refractivity contribution is 5.50. The van der Waals surface area contributed by atoms with Gasteiger partial charge < -0.3 is 20.9 Å². The molecule has 0 bridgehead atoms. The van der Waals surface area contributed by atoms with Crippen LogP contribution in [-0.2, 0) is 12.0 Å². The molecule has 0 spiro atoms. The minimum Gasteiger partial charge on any atom is -0.504 e. The molecule has 1 heterocycles. The Morgan fingerprint density at radius 2 is 2.24 bits per heavy atom. The van der Waals surface area contributed by atoms with Crippen LogP contribution >= 0.6 is 0 Å². The Morgan fingerprint density at radius 1 is 1.53 bits per heavy atom. The van der Waals surface area contributed by atoms with E-state index in [1.54, 1.807) is 13.2 Å². The SMILES string of the molecule is COc1cc2c(cc1O)CCNC2(C)C(C)N. The molecule has 0 amide bonds. The number of hydrogen-bond acceptors (Lipinski definition) is 4. The van der Waals surface area contributed by atoms with Gasteiger partial charge in [-0.05, 0) is 43.5 Å². The summed E-state index contributed by atoms with van der Waals surface area (Å²) < 4.78 is 5.17. The van der Waals surface area contributed by atoms with Crippen LogP contribution in [0.2, 0.25) is 0 Å². The molecule has 4 N–H and O–H groups in total. The minimum absolute atomic E-state index is 0.0178. The minimum atomic E-state index is -0.269. The summed E-state index contributed by atoms with van der Waals surface area (Å²) in [5.41, 5.74) is 8.07. The second-order valence-electron chi connectivity index (χ2n) is 4.85. The lowest BCUT2D eigenvalue weighted by molar-refractivity contribution is 0.292. The van der Waals surface area contributed by atoms with Crippen molar-refractivity contribution in [3.8, 4) is 11.5 Å². The molecule has 0 aromatic heterocycles. The number of methoxy groups -OCH3 is 1. The summed E-state index contributed by atoms with van der Waals surface area (Å²) >= 11 is 0. The molecule has 1 aliphatic heterocycles. The van der Waals surface area contributed by atoms with Crippen LogP contribution in [0.25, 0.3) is 0 Å². The van der Waals surface area contributed by atoms with Crippen molar-refractivity contribution in [3.63, 3.8) is 0 Å². The maximum absolute atomic E-state index is 9.80. The van der Waals surface area contributed by atoms with E-state index < -0.39 is 0 Å². The van der Waals surface area contributed by atoms with E-state index in [1.165, 1.54) is 0 Å². The van der Waals surface area contributed by atoms with Crippen molar-refractivity contribution in [3.05, 3.63) is 23.3 Å². The zero-order valence-corrected chi connectivity index (χ0v) is 10.6. The van der Waals surface area contributed by atoms with Gasteiger partial charge in [0.05, 0.1) is 12.6 Å². The molecule has 0 saturated heterocycles. The third kappa shape index (κ3) is 1.87. The maximum atomic E-state index is 9.80. The Labute approximate surface area is 102 Å². The Balaban J connectivity index is 2.57. The Morgan fingerprint density at radius 3 is 2.82 bits per heavy atom. The molecule has 0 aliphatic carbocycles. The van der Waals surface area contributed by atoms with Gasteiger partial charge in [0.25, 0.3) is 0 Å². The van der Waals surface area contributed by atoms with Crippen molar-refractivity contribution in [2.24, 2.45) is 5.73 Å². The van der Waals surface area contributed by atoms with Crippen LogP contribution in [0.3, 0.4) is 0 Å². The van der Waals surface area contributed by atoms with Gasteiger partial charge in [-0.3, -0.25) is 0 Å². The second-order valence-corrected chi connectivity index (χ2v) is 4.85. The summed E-state index contributed by atoms with van der Waals surface area (Å²) in [7, 11) is 1.56. The standard InChI is InChI=1S/C13H20N2O2/c1-8(14)13(2)10-7-12(17-3)11(16)6-9(10)4-5-15-13/h6-8,15-16H,4-5,14H2,1-3H3. The number of nitrogens with two attached hydrogens (primary N) is 1. The van der Waals surface area contributed by atoms with E-state index in [4.69, 9.17) is 10.5 Å². The molecule has 17 heavy (non-hydrogen) atoms. The van der Waals surface area contributed by atoms with Gasteiger partial charge in [0, 0.05) is 12.6 Å². The van der Waals surface area contributed by atoms with Crippen molar-refractivity contribution >= 4 is 0 Å². The summed E-state index contributed by atoms with van der Waals surface area (Å²) in [6.07, 6.45) is 0.898.